The Kier molecular flexibility index (Phi) is 4.31. The Labute approximate surface area is 143 Å². The van der Waals surface area contributed by atoms with E-state index < -0.39 is 0 Å². The molecule has 0 saturated heterocycles. The Bertz CT molecular complexity index is 943. The van der Waals surface area contributed by atoms with E-state index in [0.29, 0.717) is 38.9 Å². The molecule has 124 valence electrons. The molecule has 0 saturated carbocycles. The third-order valence-corrected chi connectivity index (χ3v) is 3.88. The lowest BCUT2D eigenvalue weighted by Gasteiger charge is -2.15. The fourth-order valence-corrected chi connectivity index (χ4v) is 2.66. The second kappa shape index (κ2) is 6.41. The molecule has 24 heavy (non-hydrogen) atoms. The summed E-state index contributed by atoms with van der Waals surface area (Å²) in [5, 5.41) is 0.905. The molecule has 0 spiro atoms. The molecule has 0 N–H and O–H groups in total. The lowest BCUT2D eigenvalue weighted by molar-refractivity contribution is 0.324. The van der Waals surface area contributed by atoms with Crippen LogP contribution >= 0.6 is 11.6 Å². The van der Waals surface area contributed by atoms with Gasteiger partial charge in [0.1, 0.15) is 6.33 Å². The predicted octanol–water partition coefficient (Wildman–Crippen LogP) is 3.06. The third kappa shape index (κ3) is 2.65. The Morgan fingerprint density at radius 3 is 2.25 bits per heavy atom. The molecule has 3 aromatic rings. The molecule has 1 heterocycles. The highest BCUT2D eigenvalue weighted by molar-refractivity contribution is 6.31. The first kappa shape index (κ1) is 16.1. The smallest absolute Gasteiger partial charge is 0.265 e. The van der Waals surface area contributed by atoms with Crippen LogP contribution in [0.1, 0.15) is 0 Å². The standard InChI is InChI=1S/C17H15ClN2O4/c1-22-14-7-11(8-15(23-2)16(14)24-3)20-9-19-13-5-4-10(18)6-12(13)17(20)21/h4-9H,1-3H3. The second-order valence-corrected chi connectivity index (χ2v) is 5.40. The SMILES string of the molecule is COc1cc(-n2cnc3ccc(Cl)cc3c2=O)cc(OC)c1OC. The van der Waals surface area contributed by atoms with Crippen molar-refractivity contribution in [2.24, 2.45) is 0 Å². The van der Waals surface area contributed by atoms with E-state index in [1.807, 2.05) is 0 Å². The fourth-order valence-electron chi connectivity index (χ4n) is 2.48. The first-order valence-electron chi connectivity index (χ1n) is 7.06. The zero-order chi connectivity index (χ0) is 17.3. The van der Waals surface area contributed by atoms with E-state index in [9.17, 15) is 4.79 Å². The maximum absolute atomic E-state index is 12.8. The van der Waals surface area contributed by atoms with Crippen molar-refractivity contribution in [1.82, 2.24) is 9.55 Å². The monoisotopic (exact) mass is 346 g/mol. The van der Waals surface area contributed by atoms with Crippen LogP contribution in [0.3, 0.4) is 0 Å². The molecule has 0 amide bonds. The molecule has 0 aliphatic rings. The van der Waals surface area contributed by atoms with Gasteiger partial charge in [-0.3, -0.25) is 9.36 Å². The van der Waals surface area contributed by atoms with Crippen molar-refractivity contribution in [3.05, 3.63) is 52.0 Å². The molecule has 7 heteroatoms. The molecule has 6 nitrogen and oxygen atoms in total. The van der Waals surface area contributed by atoms with Gasteiger partial charge in [0, 0.05) is 17.2 Å². The zero-order valence-corrected chi connectivity index (χ0v) is 14.1. The summed E-state index contributed by atoms with van der Waals surface area (Å²) in [6.07, 6.45) is 1.46. The van der Waals surface area contributed by atoms with Crippen LogP contribution in [0.15, 0.2) is 41.5 Å². The van der Waals surface area contributed by atoms with Crippen molar-refractivity contribution >= 4 is 22.5 Å². The van der Waals surface area contributed by atoms with Gasteiger partial charge in [0.05, 0.1) is 37.9 Å². The van der Waals surface area contributed by atoms with Crippen LogP contribution in [-0.4, -0.2) is 30.9 Å². The van der Waals surface area contributed by atoms with E-state index in [-0.39, 0.29) is 5.56 Å². The van der Waals surface area contributed by atoms with Gasteiger partial charge in [-0.15, -0.1) is 0 Å². The highest BCUT2D eigenvalue weighted by Crippen LogP contribution is 2.39. The maximum atomic E-state index is 12.8. The van der Waals surface area contributed by atoms with E-state index in [2.05, 4.69) is 4.98 Å². The van der Waals surface area contributed by atoms with Gasteiger partial charge in [0.15, 0.2) is 11.5 Å². The Morgan fingerprint density at radius 1 is 1.00 bits per heavy atom. The molecular formula is C17H15ClN2O4. The van der Waals surface area contributed by atoms with E-state index in [1.54, 1.807) is 30.3 Å². The fraction of sp³-hybridized carbons (Fsp3) is 0.176. The molecule has 0 atom stereocenters. The van der Waals surface area contributed by atoms with Gasteiger partial charge in [0.25, 0.3) is 5.56 Å². The molecule has 0 bridgehead atoms. The highest BCUT2D eigenvalue weighted by Gasteiger charge is 2.15. The average molecular weight is 347 g/mol. The van der Waals surface area contributed by atoms with E-state index in [0.717, 1.165) is 0 Å². The number of nitrogens with zero attached hydrogens (tertiary/aromatic N) is 2. The highest BCUT2D eigenvalue weighted by atomic mass is 35.5. The summed E-state index contributed by atoms with van der Waals surface area (Å²) in [5.41, 5.74) is 0.883. The molecule has 0 radical (unpaired) electrons. The van der Waals surface area contributed by atoms with Crippen molar-refractivity contribution in [2.75, 3.05) is 21.3 Å². The molecule has 2 aromatic carbocycles. The van der Waals surface area contributed by atoms with E-state index in [4.69, 9.17) is 25.8 Å². The molecular weight excluding hydrogens is 332 g/mol. The minimum absolute atomic E-state index is 0.239. The van der Waals surface area contributed by atoms with Gasteiger partial charge in [-0.1, -0.05) is 11.6 Å². The summed E-state index contributed by atoms with van der Waals surface area (Å²) in [5.74, 6) is 1.35. The second-order valence-electron chi connectivity index (χ2n) is 4.96. The van der Waals surface area contributed by atoms with Gasteiger partial charge < -0.3 is 14.2 Å². The number of fused-ring (bicyclic) bond motifs is 1. The quantitative estimate of drug-likeness (QED) is 0.726. The third-order valence-electron chi connectivity index (χ3n) is 3.65. The first-order chi connectivity index (χ1) is 11.6. The molecule has 3 rings (SSSR count). The summed E-state index contributed by atoms with van der Waals surface area (Å²) >= 11 is 5.99. The maximum Gasteiger partial charge on any atom is 0.265 e. The number of halogens is 1. The Hall–Kier alpha value is -2.73. The number of aromatic nitrogens is 2. The zero-order valence-electron chi connectivity index (χ0n) is 13.4. The van der Waals surface area contributed by atoms with Crippen molar-refractivity contribution in [3.63, 3.8) is 0 Å². The Balaban J connectivity index is 2.27. The van der Waals surface area contributed by atoms with Crippen LogP contribution in [-0.2, 0) is 0 Å². The first-order valence-corrected chi connectivity index (χ1v) is 7.44. The summed E-state index contributed by atoms with van der Waals surface area (Å²) in [6, 6.07) is 8.36. The average Bonchev–Trinajstić information content (AvgIpc) is 2.61. The predicted molar refractivity (Wildman–Crippen MR) is 92.0 cm³/mol. The van der Waals surface area contributed by atoms with Gasteiger partial charge >= 0.3 is 0 Å². The normalized spacial score (nSPS) is 10.7. The van der Waals surface area contributed by atoms with Crippen molar-refractivity contribution in [2.45, 2.75) is 0 Å². The van der Waals surface area contributed by atoms with Crippen molar-refractivity contribution in [1.29, 1.82) is 0 Å². The van der Waals surface area contributed by atoms with Crippen LogP contribution in [0.2, 0.25) is 5.02 Å². The number of hydrogen-bond donors (Lipinski definition) is 0. The number of methoxy groups -OCH3 is 3. The summed E-state index contributed by atoms with van der Waals surface area (Å²) in [7, 11) is 4.55. The van der Waals surface area contributed by atoms with Crippen LogP contribution in [0.4, 0.5) is 0 Å². The molecule has 0 unspecified atom stereocenters. The summed E-state index contributed by atoms with van der Waals surface area (Å²) < 4.78 is 17.4. The Morgan fingerprint density at radius 2 is 1.67 bits per heavy atom. The number of benzene rings is 2. The topological polar surface area (TPSA) is 62.6 Å². The summed E-state index contributed by atoms with van der Waals surface area (Å²) in [6.45, 7) is 0. The number of rotatable bonds is 4. The van der Waals surface area contributed by atoms with Gasteiger partial charge in [-0.25, -0.2) is 4.98 Å². The molecule has 1 aromatic heterocycles. The molecule has 0 aliphatic heterocycles. The molecule has 0 aliphatic carbocycles. The number of ether oxygens (including phenoxy) is 3. The molecule has 0 fully saturated rings. The van der Waals surface area contributed by atoms with E-state index in [1.165, 1.54) is 32.2 Å². The van der Waals surface area contributed by atoms with Gasteiger partial charge in [0.2, 0.25) is 5.75 Å². The van der Waals surface area contributed by atoms with E-state index >= 15 is 0 Å². The van der Waals surface area contributed by atoms with Crippen LogP contribution in [0.25, 0.3) is 16.6 Å². The lowest BCUT2D eigenvalue weighted by Crippen LogP contribution is -2.19. The van der Waals surface area contributed by atoms with Crippen LogP contribution in [0.5, 0.6) is 17.2 Å². The van der Waals surface area contributed by atoms with Crippen molar-refractivity contribution in [3.8, 4) is 22.9 Å². The van der Waals surface area contributed by atoms with Crippen LogP contribution in [0, 0.1) is 0 Å². The minimum atomic E-state index is -0.239. The van der Waals surface area contributed by atoms with Crippen LogP contribution < -0.4 is 19.8 Å². The minimum Gasteiger partial charge on any atom is -0.493 e. The van der Waals surface area contributed by atoms with Crippen molar-refractivity contribution < 1.29 is 14.2 Å². The number of hydrogen-bond acceptors (Lipinski definition) is 5. The van der Waals surface area contributed by atoms with Gasteiger partial charge in [-0.2, -0.15) is 0 Å². The summed E-state index contributed by atoms with van der Waals surface area (Å²) in [4.78, 5) is 17.1. The largest absolute Gasteiger partial charge is 0.493 e. The lowest BCUT2D eigenvalue weighted by atomic mass is 10.2. The van der Waals surface area contributed by atoms with Gasteiger partial charge in [-0.05, 0) is 18.2 Å².